The molecule has 31 heavy (non-hydrogen) atoms. The number of carbonyl (C=O) groups is 2. The Balaban J connectivity index is 1.63. The molecule has 0 saturated carbocycles. The predicted octanol–water partition coefficient (Wildman–Crippen LogP) is 4.88. The van der Waals surface area contributed by atoms with E-state index in [0.717, 1.165) is 30.4 Å². The largest absolute Gasteiger partial charge is 0.444 e. The van der Waals surface area contributed by atoms with Gasteiger partial charge in [0.2, 0.25) is 5.91 Å². The van der Waals surface area contributed by atoms with E-state index in [4.69, 9.17) is 4.74 Å². The second-order valence-corrected chi connectivity index (χ2v) is 9.65. The lowest BCUT2D eigenvalue weighted by Gasteiger charge is -2.41. The molecule has 0 radical (unpaired) electrons. The van der Waals surface area contributed by atoms with E-state index in [2.05, 4.69) is 24.3 Å². The summed E-state index contributed by atoms with van der Waals surface area (Å²) in [5.74, 6) is -0.0259. The van der Waals surface area contributed by atoms with E-state index in [1.54, 1.807) is 4.90 Å². The van der Waals surface area contributed by atoms with Crippen molar-refractivity contribution in [3.05, 3.63) is 70.8 Å². The predicted molar refractivity (Wildman–Crippen MR) is 121 cm³/mol. The van der Waals surface area contributed by atoms with Crippen LogP contribution in [0, 0.1) is 0 Å². The second-order valence-electron chi connectivity index (χ2n) is 9.65. The molecule has 1 aliphatic heterocycles. The molecule has 2 aromatic rings. The first-order chi connectivity index (χ1) is 14.7. The number of amides is 2. The van der Waals surface area contributed by atoms with Crippen LogP contribution >= 0.6 is 0 Å². The first-order valence-electron chi connectivity index (χ1n) is 11.2. The first kappa shape index (κ1) is 21.4. The van der Waals surface area contributed by atoms with E-state index < -0.39 is 17.7 Å². The summed E-state index contributed by atoms with van der Waals surface area (Å²) in [7, 11) is 1.88. The standard InChI is InChI=1S/C26H32N2O3/c1-26(2,3)31-25(30)28-17-20-12-6-5-11-19(20)16-23(28)24(29)27(4)22-15-9-13-18-10-7-8-14-21(18)22/h5-8,10-12,14,22-23H,9,13,15-17H2,1-4H3/t22-,23+/m1/s1. The van der Waals surface area contributed by atoms with Crippen molar-refractivity contribution < 1.29 is 14.3 Å². The lowest BCUT2D eigenvalue weighted by Crippen LogP contribution is -2.54. The number of ether oxygens (including phenoxy) is 1. The Hall–Kier alpha value is -2.82. The number of nitrogens with zero attached hydrogens (tertiary/aromatic N) is 2. The number of fused-ring (bicyclic) bond motifs is 2. The van der Waals surface area contributed by atoms with Crippen LogP contribution in [0.15, 0.2) is 48.5 Å². The minimum atomic E-state index is -0.615. The summed E-state index contributed by atoms with van der Waals surface area (Å²) in [6.45, 7) is 5.94. The highest BCUT2D eigenvalue weighted by Gasteiger charge is 2.40. The molecular weight excluding hydrogens is 388 g/mol. The SMILES string of the molecule is CN(C(=O)[C@@H]1Cc2ccccc2CN1C(=O)OC(C)(C)C)[C@@H]1CCCc2ccccc21. The van der Waals surface area contributed by atoms with E-state index in [1.165, 1.54) is 11.1 Å². The lowest BCUT2D eigenvalue weighted by atomic mass is 9.86. The summed E-state index contributed by atoms with van der Waals surface area (Å²) in [4.78, 5) is 30.3. The number of likely N-dealkylation sites (N-methyl/N-ethyl adjacent to an activating group) is 1. The number of hydrogen-bond donors (Lipinski definition) is 0. The fraction of sp³-hybridized carbons (Fsp3) is 0.462. The summed E-state index contributed by atoms with van der Waals surface area (Å²) in [6, 6.07) is 15.9. The monoisotopic (exact) mass is 420 g/mol. The highest BCUT2D eigenvalue weighted by molar-refractivity contribution is 5.87. The number of benzene rings is 2. The van der Waals surface area contributed by atoms with Gasteiger partial charge in [-0.1, -0.05) is 48.5 Å². The maximum atomic E-state index is 13.8. The second kappa shape index (κ2) is 8.37. The third kappa shape index (κ3) is 4.46. The topological polar surface area (TPSA) is 49.9 Å². The third-order valence-corrected chi connectivity index (χ3v) is 6.31. The Morgan fingerprint density at radius 1 is 1.00 bits per heavy atom. The van der Waals surface area contributed by atoms with Crippen molar-refractivity contribution in [2.75, 3.05) is 7.05 Å². The average molecular weight is 421 g/mol. The van der Waals surface area contributed by atoms with Crippen LogP contribution in [-0.4, -0.2) is 40.5 Å². The van der Waals surface area contributed by atoms with Gasteiger partial charge in [-0.05, 0) is 62.3 Å². The Kier molecular flexibility index (Phi) is 5.78. The number of carbonyl (C=O) groups excluding carboxylic acids is 2. The molecule has 5 heteroatoms. The quantitative estimate of drug-likeness (QED) is 0.695. The van der Waals surface area contributed by atoms with Crippen LogP contribution in [0.2, 0.25) is 0 Å². The van der Waals surface area contributed by atoms with Crippen LogP contribution in [0.4, 0.5) is 4.79 Å². The highest BCUT2D eigenvalue weighted by atomic mass is 16.6. The van der Waals surface area contributed by atoms with Crippen LogP contribution in [0.3, 0.4) is 0 Å². The van der Waals surface area contributed by atoms with E-state index in [-0.39, 0.29) is 11.9 Å². The van der Waals surface area contributed by atoms with E-state index in [1.807, 2.05) is 57.0 Å². The molecule has 2 aromatic carbocycles. The zero-order valence-electron chi connectivity index (χ0n) is 18.9. The number of rotatable bonds is 2. The summed E-state index contributed by atoms with van der Waals surface area (Å²) in [5, 5.41) is 0. The molecule has 1 heterocycles. The van der Waals surface area contributed by atoms with Gasteiger partial charge in [0, 0.05) is 13.5 Å². The normalized spacial score (nSPS) is 20.5. The Labute approximate surface area is 185 Å². The van der Waals surface area contributed by atoms with Crippen molar-refractivity contribution in [2.24, 2.45) is 0 Å². The highest BCUT2D eigenvalue weighted by Crippen LogP contribution is 2.35. The molecule has 1 aliphatic carbocycles. The average Bonchev–Trinajstić information content (AvgIpc) is 2.75. The molecule has 2 amide bonds. The van der Waals surface area contributed by atoms with Crippen molar-refractivity contribution in [1.29, 1.82) is 0 Å². The lowest BCUT2D eigenvalue weighted by molar-refractivity contribution is -0.138. The van der Waals surface area contributed by atoms with Gasteiger partial charge < -0.3 is 9.64 Å². The maximum absolute atomic E-state index is 13.8. The Morgan fingerprint density at radius 2 is 1.65 bits per heavy atom. The molecule has 0 saturated heterocycles. The molecule has 0 spiro atoms. The van der Waals surface area contributed by atoms with E-state index in [0.29, 0.717) is 13.0 Å². The maximum Gasteiger partial charge on any atom is 0.411 e. The van der Waals surface area contributed by atoms with Gasteiger partial charge in [-0.3, -0.25) is 9.69 Å². The van der Waals surface area contributed by atoms with Gasteiger partial charge in [-0.25, -0.2) is 4.79 Å². The van der Waals surface area contributed by atoms with Gasteiger partial charge in [-0.2, -0.15) is 0 Å². The zero-order valence-corrected chi connectivity index (χ0v) is 18.9. The Bertz CT molecular complexity index is 979. The summed E-state index contributed by atoms with van der Waals surface area (Å²) in [5.41, 5.74) is 4.12. The fourth-order valence-electron chi connectivity index (χ4n) is 4.78. The Morgan fingerprint density at radius 3 is 2.35 bits per heavy atom. The molecule has 164 valence electrons. The van der Waals surface area contributed by atoms with Crippen molar-refractivity contribution in [3.8, 4) is 0 Å². The molecule has 0 unspecified atom stereocenters. The van der Waals surface area contributed by atoms with Crippen molar-refractivity contribution in [1.82, 2.24) is 9.80 Å². The van der Waals surface area contributed by atoms with Gasteiger partial charge in [0.1, 0.15) is 11.6 Å². The summed E-state index contributed by atoms with van der Waals surface area (Å²) in [6.07, 6.45) is 3.12. The zero-order chi connectivity index (χ0) is 22.2. The van der Waals surface area contributed by atoms with Crippen molar-refractivity contribution >= 4 is 12.0 Å². The minimum Gasteiger partial charge on any atom is -0.444 e. The van der Waals surface area contributed by atoms with Crippen LogP contribution in [0.25, 0.3) is 0 Å². The molecule has 2 atom stereocenters. The smallest absolute Gasteiger partial charge is 0.411 e. The van der Waals surface area contributed by atoms with Crippen LogP contribution < -0.4 is 0 Å². The molecule has 4 rings (SSSR count). The van der Waals surface area contributed by atoms with Crippen molar-refractivity contribution in [3.63, 3.8) is 0 Å². The fourth-order valence-corrected chi connectivity index (χ4v) is 4.78. The van der Waals surface area contributed by atoms with Gasteiger partial charge in [0.25, 0.3) is 0 Å². The van der Waals surface area contributed by atoms with Gasteiger partial charge >= 0.3 is 6.09 Å². The molecule has 5 nitrogen and oxygen atoms in total. The van der Waals surface area contributed by atoms with Crippen molar-refractivity contribution in [2.45, 2.75) is 70.7 Å². The molecule has 2 aliphatic rings. The molecular formula is C26H32N2O3. The first-order valence-corrected chi connectivity index (χ1v) is 11.2. The molecule has 0 aromatic heterocycles. The summed E-state index contributed by atoms with van der Waals surface area (Å²) >= 11 is 0. The van der Waals surface area contributed by atoms with Crippen LogP contribution in [-0.2, 0) is 28.9 Å². The van der Waals surface area contributed by atoms with Gasteiger partial charge in [0.05, 0.1) is 12.6 Å². The van der Waals surface area contributed by atoms with E-state index in [9.17, 15) is 9.59 Å². The van der Waals surface area contributed by atoms with E-state index >= 15 is 0 Å². The molecule has 0 bridgehead atoms. The molecule has 0 fully saturated rings. The third-order valence-electron chi connectivity index (χ3n) is 6.31. The van der Waals surface area contributed by atoms with Crippen LogP contribution in [0.1, 0.15) is 61.9 Å². The minimum absolute atomic E-state index is 0.0259. The van der Waals surface area contributed by atoms with Gasteiger partial charge in [-0.15, -0.1) is 0 Å². The number of hydrogen-bond acceptors (Lipinski definition) is 3. The van der Waals surface area contributed by atoms with Gasteiger partial charge in [0.15, 0.2) is 0 Å². The number of aryl methyl sites for hydroxylation is 1. The molecule has 0 N–H and O–H groups in total. The van der Waals surface area contributed by atoms with Crippen LogP contribution in [0.5, 0.6) is 0 Å². The summed E-state index contributed by atoms with van der Waals surface area (Å²) < 4.78 is 5.67.